The molecule has 0 aliphatic carbocycles. The molecule has 0 aliphatic heterocycles. The Morgan fingerprint density at radius 2 is 1.42 bits per heavy atom. The van der Waals surface area contributed by atoms with Crippen LogP contribution >= 0.6 is 0 Å². The van der Waals surface area contributed by atoms with Crippen LogP contribution < -0.4 is 11.5 Å². The van der Waals surface area contributed by atoms with E-state index in [1.807, 2.05) is 0 Å². The van der Waals surface area contributed by atoms with Crippen molar-refractivity contribution in [3.05, 3.63) is 0 Å². The van der Waals surface area contributed by atoms with E-state index in [9.17, 15) is 0 Å². The highest BCUT2D eigenvalue weighted by molar-refractivity contribution is 4.84. The minimum atomic E-state index is -0.397. The summed E-state index contributed by atoms with van der Waals surface area (Å²) in [6, 6.07) is 0. The molecule has 0 aromatic carbocycles. The zero-order chi connectivity index (χ0) is 9.45. The predicted molar refractivity (Wildman–Crippen MR) is 48.6 cm³/mol. The van der Waals surface area contributed by atoms with Crippen LogP contribution in [0, 0.1) is 0 Å². The van der Waals surface area contributed by atoms with E-state index in [0.717, 1.165) is 12.8 Å². The Morgan fingerprint density at radius 3 is 1.67 bits per heavy atom. The summed E-state index contributed by atoms with van der Waals surface area (Å²) in [5, 5.41) is 17.2. The maximum atomic E-state index is 8.60. The van der Waals surface area contributed by atoms with Gasteiger partial charge in [-0.2, -0.15) is 0 Å². The lowest BCUT2D eigenvalue weighted by Gasteiger charge is -2.27. The number of rotatable bonds is 7. The Balaban J connectivity index is 3.70. The van der Waals surface area contributed by atoms with Gasteiger partial charge >= 0.3 is 0 Å². The lowest BCUT2D eigenvalue weighted by molar-refractivity contribution is 0.234. The van der Waals surface area contributed by atoms with Crippen molar-refractivity contribution in [3.8, 4) is 0 Å². The van der Waals surface area contributed by atoms with Gasteiger partial charge in [0.05, 0.1) is 0 Å². The molecule has 0 atom stereocenters. The van der Waals surface area contributed by atoms with Crippen LogP contribution in [0.5, 0.6) is 0 Å². The van der Waals surface area contributed by atoms with Crippen molar-refractivity contribution < 1.29 is 10.2 Å². The lowest BCUT2D eigenvalue weighted by Crippen LogP contribution is -2.47. The van der Waals surface area contributed by atoms with Gasteiger partial charge in [-0.1, -0.05) is 0 Å². The molecule has 4 nitrogen and oxygen atoms in total. The molecule has 0 fully saturated rings. The predicted octanol–water partition coefficient (Wildman–Crippen LogP) is -0.812. The Hall–Kier alpha value is -0.160. The second kappa shape index (κ2) is 6.37. The van der Waals surface area contributed by atoms with E-state index in [4.69, 9.17) is 21.7 Å². The summed E-state index contributed by atoms with van der Waals surface area (Å²) in [6.45, 7) is 0.711. The summed E-state index contributed by atoms with van der Waals surface area (Å²) in [6.07, 6.45) is 2.80. The third-order valence-electron chi connectivity index (χ3n) is 2.07. The van der Waals surface area contributed by atoms with E-state index in [1.165, 1.54) is 0 Å². The fraction of sp³-hybridized carbons (Fsp3) is 1.00. The summed E-state index contributed by atoms with van der Waals surface area (Å²) >= 11 is 0. The molecule has 0 rings (SSSR count). The van der Waals surface area contributed by atoms with Crippen LogP contribution in [0.15, 0.2) is 0 Å². The quantitative estimate of drug-likeness (QED) is 0.408. The van der Waals surface area contributed by atoms with Crippen molar-refractivity contribution in [1.82, 2.24) is 0 Å². The van der Waals surface area contributed by atoms with E-state index in [2.05, 4.69) is 0 Å². The first-order valence-corrected chi connectivity index (χ1v) is 4.39. The third kappa shape index (κ3) is 4.66. The summed E-state index contributed by atoms with van der Waals surface area (Å²) < 4.78 is 0. The zero-order valence-electron chi connectivity index (χ0n) is 7.50. The van der Waals surface area contributed by atoms with Crippen LogP contribution in [0.4, 0.5) is 0 Å². The largest absolute Gasteiger partial charge is 0.396 e. The molecule has 0 radical (unpaired) electrons. The minimum absolute atomic E-state index is 0.151. The number of aliphatic hydroxyl groups is 2. The van der Waals surface area contributed by atoms with E-state index in [0.29, 0.717) is 19.4 Å². The zero-order valence-corrected chi connectivity index (χ0v) is 7.50. The maximum absolute atomic E-state index is 8.60. The van der Waals surface area contributed by atoms with Crippen LogP contribution in [0.25, 0.3) is 0 Å². The normalized spacial score (nSPS) is 12.0. The second-order valence-corrected chi connectivity index (χ2v) is 3.22. The highest BCUT2D eigenvalue weighted by Crippen LogP contribution is 2.14. The first-order chi connectivity index (χ1) is 5.68. The average Bonchev–Trinajstić information content (AvgIpc) is 2.11. The first-order valence-electron chi connectivity index (χ1n) is 4.39. The van der Waals surface area contributed by atoms with Gasteiger partial charge in [0.2, 0.25) is 0 Å². The Morgan fingerprint density at radius 1 is 1.00 bits per heavy atom. The highest BCUT2D eigenvalue weighted by atomic mass is 16.3. The Kier molecular flexibility index (Phi) is 6.28. The van der Waals surface area contributed by atoms with Crippen molar-refractivity contribution in [2.45, 2.75) is 31.2 Å². The monoisotopic (exact) mass is 176 g/mol. The first kappa shape index (κ1) is 11.8. The number of hydrogen-bond donors (Lipinski definition) is 4. The fourth-order valence-electron chi connectivity index (χ4n) is 1.19. The number of nitrogens with two attached hydrogens (primary N) is 2. The van der Waals surface area contributed by atoms with E-state index >= 15 is 0 Å². The van der Waals surface area contributed by atoms with Crippen LogP contribution in [-0.4, -0.2) is 35.5 Å². The number of aliphatic hydroxyl groups excluding tert-OH is 2. The molecular formula is C8H20N2O2. The van der Waals surface area contributed by atoms with Gasteiger partial charge in [0.25, 0.3) is 0 Å². The third-order valence-corrected chi connectivity index (χ3v) is 2.07. The van der Waals surface area contributed by atoms with Crippen LogP contribution in [0.3, 0.4) is 0 Å². The van der Waals surface area contributed by atoms with Gasteiger partial charge in [-0.25, -0.2) is 0 Å². The molecule has 0 aromatic heterocycles. The molecule has 0 amide bonds. The summed E-state index contributed by atoms with van der Waals surface area (Å²) in [4.78, 5) is 0. The number of hydrogen-bond acceptors (Lipinski definition) is 4. The van der Waals surface area contributed by atoms with Gasteiger partial charge in [-0.3, -0.25) is 0 Å². The van der Waals surface area contributed by atoms with Crippen LogP contribution in [0.1, 0.15) is 25.7 Å². The molecule has 4 heteroatoms. The smallest absolute Gasteiger partial charge is 0.0431 e. The second-order valence-electron chi connectivity index (χ2n) is 3.22. The van der Waals surface area contributed by atoms with E-state index in [1.54, 1.807) is 0 Å². The van der Waals surface area contributed by atoms with Gasteiger partial charge < -0.3 is 21.7 Å². The SMILES string of the molecule is NCC(N)(CCCO)CCCO. The molecule has 0 spiro atoms. The standard InChI is InChI=1S/C8H20N2O2/c9-7-8(10,3-1-5-11)4-2-6-12/h11-12H,1-7,9-10H2. The van der Waals surface area contributed by atoms with Crippen LogP contribution in [0.2, 0.25) is 0 Å². The molecule has 6 N–H and O–H groups in total. The molecule has 0 saturated carbocycles. The molecule has 12 heavy (non-hydrogen) atoms. The molecule has 0 bridgehead atoms. The topological polar surface area (TPSA) is 92.5 Å². The fourth-order valence-corrected chi connectivity index (χ4v) is 1.19. The molecular weight excluding hydrogens is 156 g/mol. The molecule has 0 unspecified atom stereocenters. The van der Waals surface area contributed by atoms with Crippen molar-refractivity contribution in [2.75, 3.05) is 19.8 Å². The van der Waals surface area contributed by atoms with Crippen molar-refractivity contribution in [1.29, 1.82) is 0 Å². The molecule has 0 aliphatic rings. The highest BCUT2D eigenvalue weighted by Gasteiger charge is 2.21. The summed E-state index contributed by atoms with van der Waals surface area (Å²) in [7, 11) is 0. The summed E-state index contributed by atoms with van der Waals surface area (Å²) in [5.41, 5.74) is 11.0. The molecule has 0 aromatic rings. The maximum Gasteiger partial charge on any atom is 0.0431 e. The van der Waals surface area contributed by atoms with Crippen molar-refractivity contribution in [2.24, 2.45) is 11.5 Å². The van der Waals surface area contributed by atoms with Gasteiger partial charge in [0, 0.05) is 25.3 Å². The minimum Gasteiger partial charge on any atom is -0.396 e. The van der Waals surface area contributed by atoms with E-state index in [-0.39, 0.29) is 13.2 Å². The van der Waals surface area contributed by atoms with Crippen LogP contribution in [-0.2, 0) is 0 Å². The van der Waals surface area contributed by atoms with Gasteiger partial charge in [-0.15, -0.1) is 0 Å². The molecule has 0 saturated heterocycles. The Bertz CT molecular complexity index is 101. The summed E-state index contributed by atoms with van der Waals surface area (Å²) in [5.74, 6) is 0. The average molecular weight is 176 g/mol. The van der Waals surface area contributed by atoms with E-state index < -0.39 is 5.54 Å². The van der Waals surface area contributed by atoms with Gasteiger partial charge in [0.1, 0.15) is 0 Å². The Labute approximate surface area is 73.6 Å². The lowest BCUT2D eigenvalue weighted by atomic mass is 9.90. The molecule has 0 heterocycles. The van der Waals surface area contributed by atoms with Gasteiger partial charge in [-0.05, 0) is 25.7 Å². The van der Waals surface area contributed by atoms with Crippen molar-refractivity contribution in [3.63, 3.8) is 0 Å². The van der Waals surface area contributed by atoms with Crippen molar-refractivity contribution >= 4 is 0 Å². The van der Waals surface area contributed by atoms with Gasteiger partial charge in [0.15, 0.2) is 0 Å². The molecule has 74 valence electrons.